The van der Waals surface area contributed by atoms with Gasteiger partial charge in [-0.1, -0.05) is 25.2 Å². The molecule has 0 aliphatic carbocycles. The first-order valence-corrected chi connectivity index (χ1v) is 9.79. The fraction of sp³-hybridized carbons (Fsp3) is 0.667. The molecule has 6 heteroatoms. The quantitative estimate of drug-likeness (QED) is 0.320. The molecule has 0 saturated carbocycles. The molecule has 1 rings (SSSR count). The monoisotopic (exact) mass is 355 g/mol. The first kappa shape index (κ1) is 20.8. The average Bonchev–Trinajstić information content (AvgIpc) is 2.89. The predicted octanol–water partition coefficient (Wildman–Crippen LogP) is 2.85. The molecule has 0 bridgehead atoms. The molecule has 2 atom stereocenters. The van der Waals surface area contributed by atoms with Crippen molar-refractivity contribution in [2.75, 3.05) is 18.1 Å². The van der Waals surface area contributed by atoms with E-state index in [-0.39, 0.29) is 18.1 Å². The normalized spacial score (nSPS) is 19.7. The molecule has 1 fully saturated rings. The van der Waals surface area contributed by atoms with Gasteiger partial charge in [-0.15, -0.1) is 0 Å². The molecule has 0 aromatic rings. The van der Waals surface area contributed by atoms with E-state index in [0.717, 1.165) is 37.5 Å². The third kappa shape index (κ3) is 8.55. The second-order valence-corrected chi connectivity index (χ2v) is 7.09. The van der Waals surface area contributed by atoms with Gasteiger partial charge in [0.25, 0.3) is 0 Å². The number of nitrogens with zero attached hydrogens (tertiary/aromatic N) is 1. The molecule has 1 amide bonds. The minimum atomic E-state index is -0.933. The summed E-state index contributed by atoms with van der Waals surface area (Å²) in [5.74, 6) is 0.704. The molecule has 0 aromatic carbocycles. The molecule has 24 heavy (non-hydrogen) atoms. The second-order valence-electron chi connectivity index (χ2n) is 5.94. The maximum absolute atomic E-state index is 12.0. The van der Waals surface area contributed by atoms with Gasteiger partial charge < -0.3 is 15.1 Å². The zero-order valence-corrected chi connectivity index (χ0v) is 15.2. The van der Waals surface area contributed by atoms with E-state index < -0.39 is 5.97 Å². The Bertz CT molecular complexity index is 450. The van der Waals surface area contributed by atoms with Crippen molar-refractivity contribution in [1.29, 1.82) is 0 Å². The average molecular weight is 356 g/mol. The molecule has 1 aliphatic rings. The number of rotatable bonds is 12. The summed E-state index contributed by atoms with van der Waals surface area (Å²) in [6.45, 7) is 2.77. The summed E-state index contributed by atoms with van der Waals surface area (Å²) in [5, 5.41) is 18.5. The van der Waals surface area contributed by atoms with Crippen LogP contribution < -0.4 is 0 Å². The van der Waals surface area contributed by atoms with Crippen LogP contribution in [0.5, 0.6) is 0 Å². The van der Waals surface area contributed by atoms with E-state index in [0.29, 0.717) is 25.1 Å². The smallest absolute Gasteiger partial charge is 0.328 e. The lowest BCUT2D eigenvalue weighted by Gasteiger charge is -2.25. The van der Waals surface area contributed by atoms with Crippen LogP contribution in [0.25, 0.3) is 0 Å². The molecule has 136 valence electrons. The topological polar surface area (TPSA) is 77.8 Å². The van der Waals surface area contributed by atoms with E-state index in [1.807, 2.05) is 11.0 Å². The van der Waals surface area contributed by atoms with E-state index in [4.69, 9.17) is 5.11 Å². The number of aliphatic hydroxyl groups excluding tert-OH is 1. The minimum absolute atomic E-state index is 0.196. The molecular weight excluding hydrogens is 326 g/mol. The third-order valence-corrected chi connectivity index (χ3v) is 4.95. The Hall–Kier alpha value is -1.27. The van der Waals surface area contributed by atoms with Crippen molar-refractivity contribution < 1.29 is 19.8 Å². The van der Waals surface area contributed by atoms with Crippen molar-refractivity contribution in [2.24, 2.45) is 0 Å². The molecular formula is C18H29NO4S. The van der Waals surface area contributed by atoms with Crippen LogP contribution in [0.15, 0.2) is 24.3 Å². The highest BCUT2D eigenvalue weighted by Crippen LogP contribution is 2.24. The summed E-state index contributed by atoms with van der Waals surface area (Å²) in [6.07, 6.45) is 11.2. The Balaban J connectivity index is 2.27. The molecule has 1 heterocycles. The molecule has 1 unspecified atom stereocenters. The fourth-order valence-corrected chi connectivity index (χ4v) is 3.51. The van der Waals surface area contributed by atoms with Crippen molar-refractivity contribution in [3.63, 3.8) is 0 Å². The van der Waals surface area contributed by atoms with Gasteiger partial charge in [-0.2, -0.15) is 11.8 Å². The standard InChI is InChI=1S/C18H29NO4S/c1-2-3-4-6-16(20)10-8-15-9-11-17(21)19(15)12-14-24-13-5-7-18(22)23/h3-5,7,15-16,20H,2,6,8-14H2,1H3,(H,22,23)/b4-3+,7-5?/t15-,16?/m1/s1. The van der Waals surface area contributed by atoms with Crippen molar-refractivity contribution in [2.45, 2.75) is 57.6 Å². The number of thioether (sulfide) groups is 1. The SMILES string of the molecule is CC/C=C/CC(O)CC[C@@H]1CCC(=O)N1CCSCC=CC(=O)O. The Kier molecular flexibility index (Phi) is 10.5. The molecule has 0 radical (unpaired) electrons. The minimum Gasteiger partial charge on any atom is -0.478 e. The van der Waals surface area contributed by atoms with Gasteiger partial charge in [-0.25, -0.2) is 4.79 Å². The number of carboxylic acid groups (broad SMARTS) is 1. The number of hydrogen-bond acceptors (Lipinski definition) is 4. The Morgan fingerprint density at radius 1 is 1.42 bits per heavy atom. The number of carbonyl (C=O) groups is 2. The number of hydrogen-bond donors (Lipinski definition) is 2. The van der Waals surface area contributed by atoms with Crippen LogP contribution in [0.2, 0.25) is 0 Å². The van der Waals surface area contributed by atoms with Gasteiger partial charge in [-0.3, -0.25) is 4.79 Å². The second kappa shape index (κ2) is 12.1. The van der Waals surface area contributed by atoms with Gasteiger partial charge in [0.1, 0.15) is 0 Å². The van der Waals surface area contributed by atoms with E-state index in [9.17, 15) is 14.7 Å². The molecule has 0 spiro atoms. The predicted molar refractivity (Wildman–Crippen MR) is 98.1 cm³/mol. The summed E-state index contributed by atoms with van der Waals surface area (Å²) < 4.78 is 0. The third-order valence-electron chi connectivity index (χ3n) is 4.05. The van der Waals surface area contributed by atoms with E-state index in [2.05, 4.69) is 13.0 Å². The zero-order chi connectivity index (χ0) is 17.8. The van der Waals surface area contributed by atoms with Crippen molar-refractivity contribution >= 4 is 23.6 Å². The van der Waals surface area contributed by atoms with Crippen molar-refractivity contribution in [1.82, 2.24) is 4.90 Å². The van der Waals surface area contributed by atoms with E-state index in [1.54, 1.807) is 17.8 Å². The summed E-state index contributed by atoms with van der Waals surface area (Å²) in [4.78, 5) is 24.3. The van der Waals surface area contributed by atoms with Gasteiger partial charge in [0.2, 0.25) is 5.91 Å². The van der Waals surface area contributed by atoms with Crippen LogP contribution in [0.3, 0.4) is 0 Å². The summed E-state index contributed by atoms with van der Waals surface area (Å²) in [5.41, 5.74) is 0. The van der Waals surface area contributed by atoms with Gasteiger partial charge in [0, 0.05) is 36.6 Å². The van der Waals surface area contributed by atoms with E-state index in [1.165, 1.54) is 0 Å². The van der Waals surface area contributed by atoms with Gasteiger partial charge in [0.15, 0.2) is 0 Å². The lowest BCUT2D eigenvalue weighted by atomic mass is 10.0. The Labute approximate surface area is 148 Å². The van der Waals surface area contributed by atoms with Crippen molar-refractivity contribution in [3.8, 4) is 0 Å². The molecule has 5 nitrogen and oxygen atoms in total. The first-order chi connectivity index (χ1) is 11.5. The first-order valence-electron chi connectivity index (χ1n) is 8.64. The number of amides is 1. The van der Waals surface area contributed by atoms with E-state index >= 15 is 0 Å². The largest absolute Gasteiger partial charge is 0.478 e. The van der Waals surface area contributed by atoms with Gasteiger partial charge >= 0.3 is 5.97 Å². The lowest BCUT2D eigenvalue weighted by molar-refractivity contribution is -0.131. The highest BCUT2D eigenvalue weighted by atomic mass is 32.2. The van der Waals surface area contributed by atoms with Crippen LogP contribution in [-0.2, 0) is 9.59 Å². The van der Waals surface area contributed by atoms with Crippen LogP contribution in [0.4, 0.5) is 0 Å². The molecule has 1 saturated heterocycles. The number of likely N-dealkylation sites (tertiary alicyclic amines) is 1. The summed E-state index contributed by atoms with van der Waals surface area (Å²) >= 11 is 1.62. The number of carbonyl (C=O) groups excluding carboxylic acids is 1. The molecule has 1 aliphatic heterocycles. The van der Waals surface area contributed by atoms with Crippen LogP contribution in [0.1, 0.15) is 45.4 Å². The van der Waals surface area contributed by atoms with Gasteiger partial charge in [0.05, 0.1) is 6.10 Å². The Morgan fingerprint density at radius 2 is 2.21 bits per heavy atom. The summed E-state index contributed by atoms with van der Waals surface area (Å²) in [7, 11) is 0. The fourth-order valence-electron chi connectivity index (χ4n) is 2.79. The highest BCUT2D eigenvalue weighted by Gasteiger charge is 2.30. The maximum Gasteiger partial charge on any atom is 0.328 e. The number of aliphatic hydroxyl groups is 1. The zero-order valence-electron chi connectivity index (χ0n) is 14.4. The van der Waals surface area contributed by atoms with Crippen LogP contribution in [-0.4, -0.2) is 57.2 Å². The van der Waals surface area contributed by atoms with Crippen LogP contribution >= 0.6 is 11.8 Å². The molecule has 0 aromatic heterocycles. The van der Waals surface area contributed by atoms with Crippen LogP contribution in [0, 0.1) is 0 Å². The van der Waals surface area contributed by atoms with Gasteiger partial charge in [-0.05, 0) is 32.1 Å². The molecule has 2 N–H and O–H groups in total. The number of carboxylic acids is 1. The highest BCUT2D eigenvalue weighted by molar-refractivity contribution is 7.99. The van der Waals surface area contributed by atoms with Crippen molar-refractivity contribution in [3.05, 3.63) is 24.3 Å². The summed E-state index contributed by atoms with van der Waals surface area (Å²) in [6, 6.07) is 0.234. The lowest BCUT2D eigenvalue weighted by Crippen LogP contribution is -2.35. The Morgan fingerprint density at radius 3 is 2.92 bits per heavy atom. The number of allylic oxidation sites excluding steroid dienone is 1. The number of aliphatic carboxylic acids is 1. The maximum atomic E-state index is 12.0.